The van der Waals surface area contributed by atoms with Gasteiger partial charge in [-0.15, -0.1) is 0 Å². The molecule has 1 aliphatic rings. The van der Waals surface area contributed by atoms with Gasteiger partial charge >= 0.3 is 0 Å². The fourth-order valence-electron chi connectivity index (χ4n) is 1.61. The molecular weight excluding hydrogens is 144 g/mol. The maximum Gasteiger partial charge on any atom is -0.0213 e. The normalized spacial score (nSPS) is 25.0. The lowest BCUT2D eigenvalue weighted by Gasteiger charge is -2.18. The van der Waals surface area contributed by atoms with E-state index in [1.54, 1.807) is 0 Å². The number of allylic oxidation sites excluding steroid dienone is 6. The Morgan fingerprint density at radius 1 is 1.58 bits per heavy atom. The van der Waals surface area contributed by atoms with E-state index in [0.717, 1.165) is 0 Å². The minimum Gasteiger partial charge on any atom is -0.0844 e. The van der Waals surface area contributed by atoms with Gasteiger partial charge in [0.1, 0.15) is 0 Å². The van der Waals surface area contributed by atoms with Crippen molar-refractivity contribution in [1.29, 1.82) is 0 Å². The van der Waals surface area contributed by atoms with E-state index in [4.69, 9.17) is 0 Å². The highest BCUT2D eigenvalue weighted by Crippen LogP contribution is 2.28. The van der Waals surface area contributed by atoms with Crippen molar-refractivity contribution in [3.05, 3.63) is 34.9 Å². The largest absolute Gasteiger partial charge is 0.0844 e. The van der Waals surface area contributed by atoms with Crippen molar-refractivity contribution in [3.63, 3.8) is 0 Å². The Morgan fingerprint density at radius 2 is 2.25 bits per heavy atom. The van der Waals surface area contributed by atoms with Gasteiger partial charge in [-0.1, -0.05) is 30.7 Å². The Labute approximate surface area is 75.7 Å². The third-order valence-corrected chi connectivity index (χ3v) is 2.59. The molecule has 0 saturated heterocycles. The van der Waals surface area contributed by atoms with Crippen LogP contribution in [0, 0.1) is 5.92 Å². The Morgan fingerprint density at radius 3 is 2.83 bits per heavy atom. The van der Waals surface area contributed by atoms with Crippen molar-refractivity contribution in [3.8, 4) is 0 Å². The molecular formula is C12H18. The molecule has 12 heavy (non-hydrogen) atoms. The molecule has 1 atom stereocenters. The molecule has 0 aliphatic heterocycles. The fourth-order valence-corrected chi connectivity index (χ4v) is 1.61. The van der Waals surface area contributed by atoms with Crippen LogP contribution in [0.5, 0.6) is 0 Å². The van der Waals surface area contributed by atoms with E-state index in [0.29, 0.717) is 5.92 Å². The highest BCUT2D eigenvalue weighted by atomic mass is 14.2. The predicted molar refractivity (Wildman–Crippen MR) is 55.1 cm³/mol. The molecule has 0 heterocycles. The van der Waals surface area contributed by atoms with Crippen LogP contribution in [0.25, 0.3) is 0 Å². The summed E-state index contributed by atoms with van der Waals surface area (Å²) in [6.07, 6.45) is 7.95. The molecule has 0 aromatic heterocycles. The molecule has 0 N–H and O–H groups in total. The summed E-state index contributed by atoms with van der Waals surface area (Å²) in [5, 5.41) is 0. The van der Waals surface area contributed by atoms with Crippen molar-refractivity contribution < 1.29 is 0 Å². The zero-order valence-electron chi connectivity index (χ0n) is 8.52. The Bertz CT molecular complexity index is 251. The van der Waals surface area contributed by atoms with Crippen molar-refractivity contribution in [2.45, 2.75) is 34.1 Å². The van der Waals surface area contributed by atoms with E-state index < -0.39 is 0 Å². The summed E-state index contributed by atoms with van der Waals surface area (Å²) in [4.78, 5) is 0. The quantitative estimate of drug-likeness (QED) is 0.549. The topological polar surface area (TPSA) is 0 Å². The molecule has 0 spiro atoms. The van der Waals surface area contributed by atoms with Crippen LogP contribution in [-0.4, -0.2) is 0 Å². The minimum atomic E-state index is 0.707. The van der Waals surface area contributed by atoms with Crippen molar-refractivity contribution in [2.24, 2.45) is 5.92 Å². The Balaban J connectivity index is 2.94. The standard InChI is InChI=1S/C12H18/c1-5-10(3)12-8-9(2)6-7-11(12)4/h5-7,9H,8H2,1-4H3. The van der Waals surface area contributed by atoms with Crippen molar-refractivity contribution in [2.75, 3.05) is 0 Å². The lowest BCUT2D eigenvalue weighted by Crippen LogP contribution is -2.01. The van der Waals surface area contributed by atoms with Crippen molar-refractivity contribution >= 4 is 0 Å². The van der Waals surface area contributed by atoms with Crippen molar-refractivity contribution in [1.82, 2.24) is 0 Å². The summed E-state index contributed by atoms with van der Waals surface area (Å²) < 4.78 is 0. The van der Waals surface area contributed by atoms with Gasteiger partial charge in [-0.2, -0.15) is 0 Å². The maximum atomic E-state index is 2.29. The van der Waals surface area contributed by atoms with Gasteiger partial charge in [-0.3, -0.25) is 0 Å². The molecule has 0 heteroatoms. The van der Waals surface area contributed by atoms with Crippen LogP contribution in [-0.2, 0) is 0 Å². The van der Waals surface area contributed by atoms with E-state index in [-0.39, 0.29) is 0 Å². The average Bonchev–Trinajstić information content (AvgIpc) is 2.08. The van der Waals surface area contributed by atoms with Crippen LogP contribution in [0.4, 0.5) is 0 Å². The predicted octanol–water partition coefficient (Wildman–Crippen LogP) is 3.87. The molecule has 0 aromatic rings. The highest BCUT2D eigenvalue weighted by molar-refractivity contribution is 5.40. The first-order chi connectivity index (χ1) is 5.65. The molecule has 0 radical (unpaired) electrons. The van der Waals surface area contributed by atoms with E-state index in [1.807, 2.05) is 0 Å². The van der Waals surface area contributed by atoms with Crippen LogP contribution < -0.4 is 0 Å². The van der Waals surface area contributed by atoms with Crippen LogP contribution in [0.3, 0.4) is 0 Å². The van der Waals surface area contributed by atoms with E-state index in [9.17, 15) is 0 Å². The SMILES string of the molecule is CC=C(C)C1=C(C)C=CC(C)C1. The van der Waals surface area contributed by atoms with E-state index in [2.05, 4.69) is 45.9 Å². The lowest BCUT2D eigenvalue weighted by atomic mass is 9.87. The molecule has 1 aliphatic carbocycles. The van der Waals surface area contributed by atoms with Crippen LogP contribution >= 0.6 is 0 Å². The summed E-state index contributed by atoms with van der Waals surface area (Å²) in [7, 11) is 0. The molecule has 0 bridgehead atoms. The first-order valence-corrected chi connectivity index (χ1v) is 4.66. The third-order valence-electron chi connectivity index (χ3n) is 2.59. The van der Waals surface area contributed by atoms with Gasteiger partial charge in [0.15, 0.2) is 0 Å². The average molecular weight is 162 g/mol. The molecule has 66 valence electrons. The molecule has 0 saturated carbocycles. The van der Waals surface area contributed by atoms with Gasteiger partial charge in [0.2, 0.25) is 0 Å². The molecule has 0 amide bonds. The van der Waals surface area contributed by atoms with Crippen LogP contribution in [0.15, 0.2) is 34.9 Å². The van der Waals surface area contributed by atoms with Gasteiger partial charge in [0, 0.05) is 0 Å². The molecule has 1 rings (SSSR count). The number of hydrogen-bond acceptors (Lipinski definition) is 0. The first kappa shape index (κ1) is 9.31. The van der Waals surface area contributed by atoms with Gasteiger partial charge in [0.25, 0.3) is 0 Å². The van der Waals surface area contributed by atoms with Gasteiger partial charge in [0.05, 0.1) is 0 Å². The summed E-state index contributed by atoms with van der Waals surface area (Å²) in [5.41, 5.74) is 4.40. The number of rotatable bonds is 1. The van der Waals surface area contributed by atoms with E-state index in [1.165, 1.54) is 23.1 Å². The Hall–Kier alpha value is -0.780. The Kier molecular flexibility index (Phi) is 2.91. The highest BCUT2D eigenvalue weighted by Gasteiger charge is 2.10. The lowest BCUT2D eigenvalue weighted by molar-refractivity contribution is 0.704. The second kappa shape index (κ2) is 3.75. The molecule has 0 aromatic carbocycles. The summed E-state index contributed by atoms with van der Waals surface area (Å²) in [6, 6.07) is 0. The van der Waals surface area contributed by atoms with E-state index >= 15 is 0 Å². The summed E-state index contributed by atoms with van der Waals surface area (Å²) >= 11 is 0. The van der Waals surface area contributed by atoms with Crippen LogP contribution in [0.2, 0.25) is 0 Å². The number of hydrogen-bond donors (Lipinski definition) is 0. The molecule has 0 nitrogen and oxygen atoms in total. The first-order valence-electron chi connectivity index (χ1n) is 4.66. The van der Waals surface area contributed by atoms with Gasteiger partial charge < -0.3 is 0 Å². The third kappa shape index (κ3) is 1.88. The molecule has 1 unspecified atom stereocenters. The van der Waals surface area contributed by atoms with Crippen LogP contribution in [0.1, 0.15) is 34.1 Å². The second-order valence-corrected chi connectivity index (χ2v) is 3.67. The summed E-state index contributed by atoms with van der Waals surface area (Å²) in [6.45, 7) is 8.78. The minimum absolute atomic E-state index is 0.707. The van der Waals surface area contributed by atoms with Gasteiger partial charge in [-0.05, 0) is 44.3 Å². The monoisotopic (exact) mass is 162 g/mol. The zero-order valence-corrected chi connectivity index (χ0v) is 8.52. The zero-order chi connectivity index (χ0) is 9.14. The fraction of sp³-hybridized carbons (Fsp3) is 0.500. The molecule has 0 fully saturated rings. The second-order valence-electron chi connectivity index (χ2n) is 3.67. The van der Waals surface area contributed by atoms with Gasteiger partial charge in [-0.25, -0.2) is 0 Å². The maximum absolute atomic E-state index is 2.29. The smallest absolute Gasteiger partial charge is 0.0213 e. The summed E-state index contributed by atoms with van der Waals surface area (Å²) in [5.74, 6) is 0.707.